The van der Waals surface area contributed by atoms with Crippen LogP contribution >= 0.6 is 0 Å². The van der Waals surface area contributed by atoms with Crippen LogP contribution in [0.5, 0.6) is 0 Å². The number of para-hydroxylation sites is 1. The van der Waals surface area contributed by atoms with E-state index in [4.69, 9.17) is 5.73 Å². The van der Waals surface area contributed by atoms with E-state index in [1.807, 2.05) is 6.07 Å². The lowest BCUT2D eigenvalue weighted by Crippen LogP contribution is -2.37. The maximum Gasteiger partial charge on any atom is 0.151 e. The van der Waals surface area contributed by atoms with E-state index in [1.165, 1.54) is 6.07 Å². The molecule has 1 aromatic carbocycles. The molecule has 0 radical (unpaired) electrons. The first-order valence-corrected chi connectivity index (χ1v) is 7.23. The Balaban J connectivity index is 2.46. The van der Waals surface area contributed by atoms with Gasteiger partial charge in [0, 0.05) is 19.0 Å². The molecule has 0 aliphatic rings. The second kappa shape index (κ2) is 5.52. The minimum atomic E-state index is -0.261. The van der Waals surface area contributed by atoms with Crippen molar-refractivity contribution in [2.75, 3.05) is 0 Å². The highest BCUT2D eigenvalue weighted by molar-refractivity contribution is 5.76. The maximum absolute atomic E-state index is 13.9. The number of benzene rings is 1. The number of imidazole rings is 1. The fraction of sp³-hybridized carbons (Fsp3) is 0.562. The molecule has 0 aliphatic carbocycles. The van der Waals surface area contributed by atoms with Crippen LogP contribution in [0.4, 0.5) is 4.39 Å². The Morgan fingerprint density at radius 3 is 2.65 bits per heavy atom. The third kappa shape index (κ3) is 2.85. The largest absolute Gasteiger partial charge is 0.328 e. The van der Waals surface area contributed by atoms with Crippen LogP contribution in [-0.4, -0.2) is 15.6 Å². The number of rotatable bonds is 4. The van der Waals surface area contributed by atoms with Gasteiger partial charge in [-0.25, -0.2) is 9.37 Å². The van der Waals surface area contributed by atoms with Gasteiger partial charge in [0.25, 0.3) is 0 Å². The van der Waals surface area contributed by atoms with Gasteiger partial charge in [-0.15, -0.1) is 0 Å². The van der Waals surface area contributed by atoms with Crippen molar-refractivity contribution in [3.05, 3.63) is 29.8 Å². The number of fused-ring (bicyclic) bond motifs is 1. The molecular weight excluding hydrogens is 253 g/mol. The predicted molar refractivity (Wildman–Crippen MR) is 81.1 cm³/mol. The van der Waals surface area contributed by atoms with Crippen LogP contribution < -0.4 is 5.73 Å². The summed E-state index contributed by atoms with van der Waals surface area (Å²) in [6.07, 6.45) is 1.65. The normalized spacial score (nSPS) is 13.9. The monoisotopic (exact) mass is 277 g/mol. The zero-order valence-electron chi connectivity index (χ0n) is 12.8. The zero-order valence-corrected chi connectivity index (χ0v) is 12.8. The Morgan fingerprint density at radius 1 is 1.35 bits per heavy atom. The number of aromatic nitrogens is 2. The lowest BCUT2D eigenvalue weighted by molar-refractivity contribution is 0.312. The van der Waals surface area contributed by atoms with Crippen molar-refractivity contribution < 1.29 is 4.39 Å². The van der Waals surface area contributed by atoms with Crippen LogP contribution in [0, 0.1) is 11.2 Å². The van der Waals surface area contributed by atoms with Crippen molar-refractivity contribution in [3.63, 3.8) is 0 Å². The molecule has 0 bridgehead atoms. The van der Waals surface area contributed by atoms with Gasteiger partial charge in [-0.1, -0.05) is 33.8 Å². The van der Waals surface area contributed by atoms with Crippen LogP contribution in [-0.2, 0) is 13.0 Å². The average Bonchev–Trinajstić information content (AvgIpc) is 2.69. The first kappa shape index (κ1) is 15.0. The van der Waals surface area contributed by atoms with E-state index in [0.717, 1.165) is 24.3 Å². The third-order valence-corrected chi connectivity index (χ3v) is 3.77. The van der Waals surface area contributed by atoms with E-state index in [-0.39, 0.29) is 17.3 Å². The summed E-state index contributed by atoms with van der Waals surface area (Å²) in [6, 6.07) is 5.11. The fourth-order valence-electron chi connectivity index (χ4n) is 2.29. The molecular formula is C16H24FN3. The highest BCUT2D eigenvalue weighted by Crippen LogP contribution is 2.24. The molecule has 1 aromatic heterocycles. The molecule has 110 valence electrons. The molecule has 1 unspecified atom stereocenters. The average molecular weight is 277 g/mol. The Labute approximate surface area is 120 Å². The molecule has 0 fully saturated rings. The molecule has 0 saturated carbocycles. The van der Waals surface area contributed by atoms with Crippen molar-refractivity contribution >= 4 is 11.0 Å². The van der Waals surface area contributed by atoms with Crippen LogP contribution in [0.2, 0.25) is 0 Å². The smallest absolute Gasteiger partial charge is 0.151 e. The topological polar surface area (TPSA) is 43.8 Å². The molecule has 2 N–H and O–H groups in total. The van der Waals surface area contributed by atoms with E-state index >= 15 is 0 Å². The molecule has 0 saturated heterocycles. The van der Waals surface area contributed by atoms with Crippen molar-refractivity contribution in [2.24, 2.45) is 11.1 Å². The van der Waals surface area contributed by atoms with Crippen LogP contribution in [0.25, 0.3) is 11.0 Å². The standard InChI is InChI=1S/C16H24FN3/c1-5-9-20-12-8-6-7-11(17)15(12)19-14(20)10-13(18)16(2,3)4/h6-8,13H,5,9-10,18H2,1-4H3. The number of nitrogens with zero attached hydrogens (tertiary/aromatic N) is 2. The Bertz CT molecular complexity index is 596. The number of nitrogens with two attached hydrogens (primary N) is 1. The predicted octanol–water partition coefficient (Wildman–Crippen LogP) is 3.50. The molecule has 0 aliphatic heterocycles. The Kier molecular flexibility index (Phi) is 4.14. The van der Waals surface area contributed by atoms with Crippen molar-refractivity contribution in [3.8, 4) is 0 Å². The fourth-order valence-corrected chi connectivity index (χ4v) is 2.29. The molecule has 20 heavy (non-hydrogen) atoms. The Hall–Kier alpha value is -1.42. The van der Waals surface area contributed by atoms with Crippen LogP contribution in [0.3, 0.4) is 0 Å². The molecule has 0 spiro atoms. The molecule has 1 atom stereocenters. The van der Waals surface area contributed by atoms with Crippen molar-refractivity contribution in [2.45, 2.75) is 53.1 Å². The maximum atomic E-state index is 13.9. The SMILES string of the molecule is CCCn1c(CC(N)C(C)(C)C)nc2c(F)cccc21. The van der Waals surface area contributed by atoms with E-state index in [1.54, 1.807) is 6.07 Å². The number of halogens is 1. The summed E-state index contributed by atoms with van der Waals surface area (Å²) >= 11 is 0. The van der Waals surface area contributed by atoms with Gasteiger partial charge in [0.15, 0.2) is 5.82 Å². The summed E-state index contributed by atoms with van der Waals surface area (Å²) in [7, 11) is 0. The van der Waals surface area contributed by atoms with Gasteiger partial charge in [-0.2, -0.15) is 0 Å². The van der Waals surface area contributed by atoms with Crippen LogP contribution in [0.1, 0.15) is 39.9 Å². The van der Waals surface area contributed by atoms with Crippen molar-refractivity contribution in [1.29, 1.82) is 0 Å². The summed E-state index contributed by atoms with van der Waals surface area (Å²) in [4.78, 5) is 4.49. The van der Waals surface area contributed by atoms with Gasteiger partial charge < -0.3 is 10.3 Å². The van der Waals surface area contributed by atoms with Gasteiger partial charge in [0.2, 0.25) is 0 Å². The van der Waals surface area contributed by atoms with Crippen molar-refractivity contribution in [1.82, 2.24) is 9.55 Å². The Morgan fingerprint density at radius 2 is 2.05 bits per heavy atom. The molecule has 3 nitrogen and oxygen atoms in total. The van der Waals surface area contributed by atoms with E-state index in [0.29, 0.717) is 11.9 Å². The van der Waals surface area contributed by atoms with Gasteiger partial charge in [-0.05, 0) is 24.0 Å². The highest BCUT2D eigenvalue weighted by atomic mass is 19.1. The summed E-state index contributed by atoms with van der Waals surface area (Å²) in [6.45, 7) is 9.30. The van der Waals surface area contributed by atoms with Gasteiger partial charge in [0.1, 0.15) is 11.3 Å². The van der Waals surface area contributed by atoms with Crippen LogP contribution in [0.15, 0.2) is 18.2 Å². The lowest BCUT2D eigenvalue weighted by atomic mass is 9.85. The number of aryl methyl sites for hydroxylation is 1. The lowest BCUT2D eigenvalue weighted by Gasteiger charge is -2.27. The summed E-state index contributed by atoms with van der Waals surface area (Å²) in [5.74, 6) is 0.623. The summed E-state index contributed by atoms with van der Waals surface area (Å²) < 4.78 is 16.0. The minimum absolute atomic E-state index is 0.00187. The minimum Gasteiger partial charge on any atom is -0.328 e. The molecule has 0 amide bonds. The first-order valence-electron chi connectivity index (χ1n) is 7.23. The second-order valence-electron chi connectivity index (χ2n) is 6.46. The summed E-state index contributed by atoms with van der Waals surface area (Å²) in [5.41, 5.74) is 7.59. The quantitative estimate of drug-likeness (QED) is 0.929. The van der Waals surface area contributed by atoms with Gasteiger partial charge >= 0.3 is 0 Å². The van der Waals surface area contributed by atoms with E-state index in [2.05, 4.69) is 37.2 Å². The highest BCUT2D eigenvalue weighted by Gasteiger charge is 2.24. The zero-order chi connectivity index (χ0) is 14.9. The molecule has 2 aromatic rings. The van der Waals surface area contributed by atoms with Gasteiger partial charge in [0.05, 0.1) is 5.52 Å². The number of hydrogen-bond acceptors (Lipinski definition) is 2. The van der Waals surface area contributed by atoms with Gasteiger partial charge in [-0.3, -0.25) is 0 Å². The molecule has 1 heterocycles. The van der Waals surface area contributed by atoms with E-state index in [9.17, 15) is 4.39 Å². The molecule has 2 rings (SSSR count). The van der Waals surface area contributed by atoms with E-state index < -0.39 is 0 Å². The first-order chi connectivity index (χ1) is 9.34. The third-order valence-electron chi connectivity index (χ3n) is 3.77. The summed E-state index contributed by atoms with van der Waals surface area (Å²) in [5, 5.41) is 0. The number of hydrogen-bond donors (Lipinski definition) is 1. The second-order valence-corrected chi connectivity index (χ2v) is 6.46. The molecule has 4 heteroatoms.